The van der Waals surface area contributed by atoms with Gasteiger partial charge in [0.05, 0.1) is 18.6 Å². The van der Waals surface area contributed by atoms with Crippen molar-refractivity contribution in [2.45, 2.75) is 11.7 Å². The van der Waals surface area contributed by atoms with Crippen LogP contribution in [0.3, 0.4) is 0 Å². The molecule has 3 rings (SSSR count). The molecule has 0 aliphatic rings. The van der Waals surface area contributed by atoms with Gasteiger partial charge < -0.3 is 9.73 Å². The van der Waals surface area contributed by atoms with Crippen molar-refractivity contribution in [2.75, 3.05) is 12.3 Å². The first-order valence-electron chi connectivity index (χ1n) is 8.49. The van der Waals surface area contributed by atoms with Gasteiger partial charge in [-0.25, -0.2) is 4.79 Å². The Hall–Kier alpha value is -3.33. The van der Waals surface area contributed by atoms with Gasteiger partial charge >= 0.3 is 6.03 Å². The highest BCUT2D eigenvalue weighted by Gasteiger charge is 2.17. The minimum atomic E-state index is -0.562. The van der Waals surface area contributed by atoms with Crippen molar-refractivity contribution in [2.24, 2.45) is 0 Å². The molecule has 0 aliphatic heterocycles. The number of urea groups is 1. The molecule has 0 saturated carbocycles. The Morgan fingerprint density at radius 3 is 2.71 bits per heavy atom. The molecule has 0 bridgehead atoms. The second kappa shape index (κ2) is 9.56. The van der Waals surface area contributed by atoms with E-state index in [1.54, 1.807) is 6.26 Å². The second-order valence-corrected chi connectivity index (χ2v) is 6.62. The molecule has 9 heteroatoms. The van der Waals surface area contributed by atoms with Crippen LogP contribution in [-0.4, -0.2) is 39.0 Å². The lowest BCUT2D eigenvalue weighted by Gasteiger charge is -2.09. The zero-order valence-electron chi connectivity index (χ0n) is 15.0. The summed E-state index contributed by atoms with van der Waals surface area (Å²) in [5, 5.41) is 13.8. The second-order valence-electron chi connectivity index (χ2n) is 5.67. The van der Waals surface area contributed by atoms with Crippen LogP contribution in [0.2, 0.25) is 0 Å². The standard InChI is InChI=1S/C19H19N5O3S/c1-2-10-20-18(26)21-16(25)13-28-19-23-22-17(14-7-4-3-5-8-14)24(19)12-15-9-6-11-27-15/h2-9,11H,1,10,12-13H2,(H2,20,21,25,26). The maximum Gasteiger partial charge on any atom is 0.321 e. The van der Waals surface area contributed by atoms with Crippen LogP contribution >= 0.6 is 11.8 Å². The van der Waals surface area contributed by atoms with E-state index in [0.717, 1.165) is 11.3 Å². The van der Waals surface area contributed by atoms with Crippen molar-refractivity contribution in [3.8, 4) is 11.4 Å². The summed E-state index contributed by atoms with van der Waals surface area (Å²) in [5.41, 5.74) is 0.904. The number of furan rings is 1. The summed E-state index contributed by atoms with van der Waals surface area (Å²) in [4.78, 5) is 23.5. The number of carbonyl (C=O) groups excluding carboxylic acids is 2. The first-order chi connectivity index (χ1) is 13.7. The fourth-order valence-electron chi connectivity index (χ4n) is 2.40. The van der Waals surface area contributed by atoms with Crippen LogP contribution in [0, 0.1) is 0 Å². The lowest BCUT2D eigenvalue weighted by Crippen LogP contribution is -2.40. The number of hydrogen-bond acceptors (Lipinski definition) is 6. The molecule has 0 unspecified atom stereocenters. The zero-order valence-corrected chi connectivity index (χ0v) is 15.8. The third-order valence-electron chi connectivity index (χ3n) is 3.64. The monoisotopic (exact) mass is 397 g/mol. The predicted molar refractivity (Wildman–Crippen MR) is 106 cm³/mol. The van der Waals surface area contributed by atoms with Crippen LogP contribution in [0.1, 0.15) is 5.76 Å². The molecule has 0 radical (unpaired) electrons. The number of aromatic nitrogens is 3. The summed E-state index contributed by atoms with van der Waals surface area (Å²) < 4.78 is 7.32. The number of nitrogens with zero attached hydrogens (tertiary/aromatic N) is 3. The number of thioether (sulfide) groups is 1. The van der Waals surface area contributed by atoms with Crippen LogP contribution in [-0.2, 0) is 11.3 Å². The number of amides is 3. The topological polar surface area (TPSA) is 102 Å². The van der Waals surface area contributed by atoms with Gasteiger partial charge in [-0.2, -0.15) is 0 Å². The number of nitrogens with one attached hydrogen (secondary N) is 2. The molecule has 8 nitrogen and oxygen atoms in total. The lowest BCUT2D eigenvalue weighted by atomic mass is 10.2. The third-order valence-corrected chi connectivity index (χ3v) is 4.60. The molecule has 144 valence electrons. The smallest absolute Gasteiger partial charge is 0.321 e. The average Bonchev–Trinajstić information content (AvgIpc) is 3.36. The first kappa shape index (κ1) is 19.4. The van der Waals surface area contributed by atoms with Crippen molar-refractivity contribution in [3.63, 3.8) is 0 Å². The van der Waals surface area contributed by atoms with E-state index in [4.69, 9.17) is 4.42 Å². The highest BCUT2D eigenvalue weighted by Crippen LogP contribution is 2.25. The van der Waals surface area contributed by atoms with Gasteiger partial charge in [0, 0.05) is 12.1 Å². The number of imide groups is 1. The maximum atomic E-state index is 12.0. The van der Waals surface area contributed by atoms with E-state index in [9.17, 15) is 9.59 Å². The van der Waals surface area contributed by atoms with Gasteiger partial charge in [0.25, 0.3) is 0 Å². The zero-order chi connectivity index (χ0) is 19.8. The van der Waals surface area contributed by atoms with Crippen molar-refractivity contribution in [1.82, 2.24) is 25.4 Å². The Balaban J connectivity index is 1.73. The number of hydrogen-bond donors (Lipinski definition) is 2. The van der Waals surface area contributed by atoms with E-state index < -0.39 is 11.9 Å². The number of rotatable bonds is 8. The number of benzene rings is 1. The minimum absolute atomic E-state index is 0.0204. The summed E-state index contributed by atoms with van der Waals surface area (Å²) in [7, 11) is 0. The summed E-state index contributed by atoms with van der Waals surface area (Å²) in [6.07, 6.45) is 3.13. The van der Waals surface area contributed by atoms with E-state index in [1.807, 2.05) is 47.0 Å². The summed E-state index contributed by atoms with van der Waals surface area (Å²) >= 11 is 1.19. The molecular formula is C19H19N5O3S. The van der Waals surface area contributed by atoms with Gasteiger partial charge in [0.2, 0.25) is 5.91 Å². The summed E-state index contributed by atoms with van der Waals surface area (Å²) in [6.45, 7) is 4.20. The highest BCUT2D eigenvalue weighted by molar-refractivity contribution is 7.99. The average molecular weight is 397 g/mol. The Morgan fingerprint density at radius 1 is 1.18 bits per heavy atom. The van der Waals surface area contributed by atoms with Gasteiger partial charge in [0.1, 0.15) is 5.76 Å². The molecule has 3 aromatic rings. The minimum Gasteiger partial charge on any atom is -0.467 e. The maximum absolute atomic E-state index is 12.0. The molecule has 0 spiro atoms. The van der Waals surface area contributed by atoms with Gasteiger partial charge in [-0.05, 0) is 12.1 Å². The van der Waals surface area contributed by atoms with E-state index in [1.165, 1.54) is 17.8 Å². The normalized spacial score (nSPS) is 10.4. The Bertz CT molecular complexity index is 938. The van der Waals surface area contributed by atoms with Crippen LogP contribution in [0.25, 0.3) is 11.4 Å². The first-order valence-corrected chi connectivity index (χ1v) is 9.48. The van der Waals surface area contributed by atoms with Crippen LogP contribution in [0.5, 0.6) is 0 Å². The molecule has 0 saturated heterocycles. The summed E-state index contributed by atoms with van der Waals surface area (Å²) in [6, 6.07) is 12.7. The van der Waals surface area contributed by atoms with Gasteiger partial charge in [0.15, 0.2) is 11.0 Å². The molecule has 2 heterocycles. The third kappa shape index (κ3) is 5.10. The van der Waals surface area contributed by atoms with Crippen molar-refractivity contribution in [1.29, 1.82) is 0 Å². The van der Waals surface area contributed by atoms with E-state index >= 15 is 0 Å². The molecule has 28 heavy (non-hydrogen) atoms. The van der Waals surface area contributed by atoms with Crippen LogP contribution < -0.4 is 10.6 Å². The quantitative estimate of drug-likeness (QED) is 0.448. The fourth-order valence-corrected chi connectivity index (χ4v) is 3.14. The van der Waals surface area contributed by atoms with Gasteiger partial charge in [-0.3, -0.25) is 14.7 Å². The molecular weight excluding hydrogens is 378 g/mol. The molecule has 3 amide bonds. The SMILES string of the molecule is C=CCNC(=O)NC(=O)CSc1nnc(-c2ccccc2)n1Cc1ccco1. The van der Waals surface area contributed by atoms with E-state index in [2.05, 4.69) is 27.4 Å². The predicted octanol–water partition coefficient (Wildman–Crippen LogP) is 2.69. The van der Waals surface area contributed by atoms with Crippen molar-refractivity contribution < 1.29 is 14.0 Å². The van der Waals surface area contributed by atoms with Crippen molar-refractivity contribution >= 4 is 23.7 Å². The molecule has 2 aromatic heterocycles. The fraction of sp³-hybridized carbons (Fsp3) is 0.158. The molecule has 2 N–H and O–H groups in total. The Kier molecular flexibility index (Phi) is 6.64. The van der Waals surface area contributed by atoms with Gasteiger partial charge in [-0.15, -0.1) is 16.8 Å². The highest BCUT2D eigenvalue weighted by atomic mass is 32.2. The Labute approximate surface area is 166 Å². The largest absolute Gasteiger partial charge is 0.467 e. The van der Waals surface area contributed by atoms with Crippen LogP contribution in [0.4, 0.5) is 4.79 Å². The number of carbonyl (C=O) groups is 2. The summed E-state index contributed by atoms with van der Waals surface area (Å²) in [5.74, 6) is 1.00. The molecule has 0 atom stereocenters. The van der Waals surface area contributed by atoms with Crippen molar-refractivity contribution in [3.05, 3.63) is 67.1 Å². The van der Waals surface area contributed by atoms with Crippen LogP contribution in [0.15, 0.2) is 71.0 Å². The van der Waals surface area contributed by atoms with Gasteiger partial charge in [-0.1, -0.05) is 48.2 Å². The molecule has 0 fully saturated rings. The van der Waals surface area contributed by atoms with E-state index in [-0.39, 0.29) is 12.3 Å². The van der Waals surface area contributed by atoms with E-state index in [0.29, 0.717) is 17.5 Å². The molecule has 1 aromatic carbocycles. The molecule has 0 aliphatic carbocycles. The Morgan fingerprint density at radius 2 is 2.00 bits per heavy atom. The lowest BCUT2D eigenvalue weighted by molar-refractivity contribution is -0.117.